The molecule has 0 atom stereocenters. The van der Waals surface area contributed by atoms with Gasteiger partial charge in [0.1, 0.15) is 17.1 Å². The summed E-state index contributed by atoms with van der Waals surface area (Å²) in [6.07, 6.45) is -10.3. The number of pyridine rings is 1. The second-order valence-corrected chi connectivity index (χ2v) is 3.70. The number of hydrogen-bond acceptors (Lipinski definition) is 4. The number of ether oxygens (including phenoxy) is 1. The first-order valence-corrected chi connectivity index (χ1v) is 5.10. The van der Waals surface area contributed by atoms with E-state index in [2.05, 4.69) is 9.72 Å². The van der Waals surface area contributed by atoms with Gasteiger partial charge in [0.05, 0.1) is 0 Å². The number of halogens is 7. The van der Waals surface area contributed by atoms with E-state index < -0.39 is 47.0 Å². The highest BCUT2D eigenvalue weighted by Crippen LogP contribution is 2.35. The fourth-order valence-corrected chi connectivity index (χ4v) is 1.43. The Morgan fingerprint density at radius 3 is 2.20 bits per heavy atom. The fraction of sp³-hybridized carbons (Fsp3) is 0.333. The van der Waals surface area contributed by atoms with Crippen LogP contribution in [0, 0.1) is 0 Å². The van der Waals surface area contributed by atoms with Gasteiger partial charge < -0.3 is 10.5 Å². The van der Waals surface area contributed by atoms with Crippen LogP contribution in [-0.4, -0.2) is 16.6 Å². The van der Waals surface area contributed by atoms with Crippen LogP contribution in [0.25, 0.3) is 0 Å². The number of hydrogen-bond donors (Lipinski definition) is 1. The lowest BCUT2D eigenvalue weighted by Crippen LogP contribution is -2.22. The molecule has 0 saturated carbocycles. The Hall–Kier alpha value is -1.55. The van der Waals surface area contributed by atoms with Gasteiger partial charge in [0.2, 0.25) is 0 Å². The lowest BCUT2D eigenvalue weighted by atomic mass is 10.1. The molecule has 1 rings (SSSR count). The number of nitrogens with zero attached hydrogens (tertiary/aromatic N) is 1. The van der Waals surface area contributed by atoms with Gasteiger partial charge in [-0.1, -0.05) is 0 Å². The molecular formula is C9H5ClF6N2O2. The third kappa shape index (κ3) is 3.97. The number of nitrogens with two attached hydrogens (primary N) is 1. The van der Waals surface area contributed by atoms with Crippen LogP contribution in [0.1, 0.15) is 21.7 Å². The van der Waals surface area contributed by atoms with Gasteiger partial charge in [-0.25, -0.2) is 4.98 Å². The lowest BCUT2D eigenvalue weighted by molar-refractivity contribution is -0.275. The summed E-state index contributed by atoms with van der Waals surface area (Å²) in [5, 5.41) is -1.48. The quantitative estimate of drug-likeness (QED) is 0.686. The van der Waals surface area contributed by atoms with Crippen LogP contribution in [0.2, 0.25) is 0 Å². The molecule has 2 N–H and O–H groups in total. The molecule has 0 aliphatic carbocycles. The Bertz CT molecular complexity index is 528. The Morgan fingerprint density at radius 1 is 1.30 bits per heavy atom. The van der Waals surface area contributed by atoms with Crippen LogP contribution in [0.5, 0.6) is 5.75 Å². The molecule has 0 amide bonds. The van der Waals surface area contributed by atoms with Gasteiger partial charge in [0.25, 0.3) is 5.24 Å². The molecule has 0 aliphatic rings. The van der Waals surface area contributed by atoms with Crippen LogP contribution in [0.3, 0.4) is 0 Å². The summed E-state index contributed by atoms with van der Waals surface area (Å²) in [6.45, 7) is -0.718. The van der Waals surface area contributed by atoms with Crippen molar-refractivity contribution in [2.24, 2.45) is 5.73 Å². The first kappa shape index (κ1) is 16.5. The predicted octanol–water partition coefficient (Wildman–Crippen LogP) is 2.84. The molecule has 112 valence electrons. The smallest absolute Gasteiger partial charge is 0.405 e. The number of rotatable bonds is 3. The Balaban J connectivity index is 3.54. The predicted molar refractivity (Wildman–Crippen MR) is 54.0 cm³/mol. The third-order valence-electron chi connectivity index (χ3n) is 1.99. The van der Waals surface area contributed by atoms with Gasteiger partial charge in [-0.3, -0.25) is 4.79 Å². The van der Waals surface area contributed by atoms with Crippen molar-refractivity contribution in [3.05, 3.63) is 23.0 Å². The number of carbonyl (C=O) groups excluding carboxylic acids is 1. The van der Waals surface area contributed by atoms with Crippen molar-refractivity contribution >= 4 is 16.8 Å². The largest absolute Gasteiger partial charge is 0.573 e. The van der Waals surface area contributed by atoms with E-state index in [-0.39, 0.29) is 6.07 Å². The zero-order valence-electron chi connectivity index (χ0n) is 9.27. The van der Waals surface area contributed by atoms with E-state index in [0.717, 1.165) is 0 Å². The van der Waals surface area contributed by atoms with E-state index >= 15 is 0 Å². The van der Waals surface area contributed by atoms with Crippen molar-refractivity contribution in [1.82, 2.24) is 4.98 Å². The molecule has 1 aromatic rings. The lowest BCUT2D eigenvalue weighted by Gasteiger charge is -2.16. The van der Waals surface area contributed by atoms with Crippen molar-refractivity contribution in [3.8, 4) is 5.75 Å². The molecule has 0 bridgehead atoms. The highest BCUT2D eigenvalue weighted by atomic mass is 35.5. The zero-order valence-corrected chi connectivity index (χ0v) is 10.0. The van der Waals surface area contributed by atoms with Gasteiger partial charge in [-0.2, -0.15) is 13.2 Å². The minimum absolute atomic E-state index is 0.000980. The fourth-order valence-electron chi connectivity index (χ4n) is 1.27. The minimum Gasteiger partial charge on any atom is -0.405 e. The van der Waals surface area contributed by atoms with Crippen molar-refractivity contribution in [1.29, 1.82) is 0 Å². The van der Waals surface area contributed by atoms with E-state index in [0.29, 0.717) is 0 Å². The van der Waals surface area contributed by atoms with Crippen molar-refractivity contribution < 1.29 is 35.9 Å². The van der Waals surface area contributed by atoms with E-state index in [1.165, 1.54) is 0 Å². The van der Waals surface area contributed by atoms with Crippen LogP contribution in [0.4, 0.5) is 26.3 Å². The van der Waals surface area contributed by atoms with Gasteiger partial charge >= 0.3 is 12.5 Å². The summed E-state index contributed by atoms with van der Waals surface area (Å²) >= 11 is 4.99. The molecule has 0 aromatic carbocycles. The van der Waals surface area contributed by atoms with Crippen LogP contribution >= 0.6 is 11.6 Å². The molecule has 0 aliphatic heterocycles. The monoisotopic (exact) mass is 322 g/mol. The Labute approximate surface area is 112 Å². The molecular weight excluding hydrogens is 318 g/mol. The Morgan fingerprint density at radius 2 is 1.85 bits per heavy atom. The average molecular weight is 323 g/mol. The molecule has 0 saturated heterocycles. The maximum atomic E-state index is 12.5. The summed E-state index contributed by atoms with van der Waals surface area (Å²) in [5.74, 6) is -1.27. The average Bonchev–Trinajstić information content (AvgIpc) is 2.24. The van der Waals surface area contributed by atoms with Gasteiger partial charge in [-0.05, 0) is 11.6 Å². The molecule has 0 radical (unpaired) electrons. The van der Waals surface area contributed by atoms with Crippen molar-refractivity contribution in [2.75, 3.05) is 0 Å². The Kier molecular flexibility index (Phi) is 4.49. The summed E-state index contributed by atoms with van der Waals surface area (Å²) < 4.78 is 77.3. The van der Waals surface area contributed by atoms with E-state index in [1.54, 1.807) is 0 Å². The first-order valence-electron chi connectivity index (χ1n) is 4.72. The normalized spacial score (nSPS) is 12.4. The van der Waals surface area contributed by atoms with Gasteiger partial charge in [-0.15, -0.1) is 13.2 Å². The van der Waals surface area contributed by atoms with Crippen LogP contribution in [0.15, 0.2) is 6.07 Å². The maximum Gasteiger partial charge on any atom is 0.573 e. The molecule has 1 aromatic heterocycles. The summed E-state index contributed by atoms with van der Waals surface area (Å²) in [4.78, 5) is 13.8. The highest BCUT2D eigenvalue weighted by molar-refractivity contribution is 6.67. The van der Waals surface area contributed by atoms with Crippen LogP contribution in [-0.2, 0) is 12.7 Å². The number of aromatic nitrogens is 1. The summed E-state index contributed by atoms with van der Waals surface area (Å²) in [7, 11) is 0. The molecule has 1 heterocycles. The second kappa shape index (κ2) is 5.44. The molecule has 11 heteroatoms. The summed E-state index contributed by atoms with van der Waals surface area (Å²) in [6, 6.07) is -0.000980. The third-order valence-corrected chi connectivity index (χ3v) is 2.17. The number of alkyl halides is 6. The van der Waals surface area contributed by atoms with E-state index in [4.69, 9.17) is 17.3 Å². The number of carbonyl (C=O) groups is 1. The molecule has 20 heavy (non-hydrogen) atoms. The topological polar surface area (TPSA) is 65.2 Å². The molecule has 0 unspecified atom stereocenters. The molecule has 0 spiro atoms. The van der Waals surface area contributed by atoms with Gasteiger partial charge in [0, 0.05) is 18.2 Å². The van der Waals surface area contributed by atoms with E-state index in [9.17, 15) is 31.1 Å². The SMILES string of the molecule is NCc1c(OC(F)(F)F)cc(C(F)(F)F)nc1C(=O)Cl. The van der Waals surface area contributed by atoms with Crippen LogP contribution < -0.4 is 10.5 Å². The van der Waals surface area contributed by atoms with Crippen molar-refractivity contribution in [3.63, 3.8) is 0 Å². The molecule has 0 fully saturated rings. The zero-order chi connectivity index (χ0) is 15.7. The van der Waals surface area contributed by atoms with Crippen molar-refractivity contribution in [2.45, 2.75) is 19.1 Å². The minimum atomic E-state index is -5.26. The standard InChI is InChI=1S/C9H5ClF6N2O2/c10-7(19)6-3(2-17)4(20-9(14,15)16)1-5(18-6)8(11,12)13/h1H,2,17H2. The summed E-state index contributed by atoms with van der Waals surface area (Å²) in [5.41, 5.74) is 1.63. The molecule has 4 nitrogen and oxygen atoms in total. The van der Waals surface area contributed by atoms with E-state index in [1.807, 2.05) is 0 Å². The first-order chi connectivity index (χ1) is 8.95. The highest BCUT2D eigenvalue weighted by Gasteiger charge is 2.38. The van der Waals surface area contributed by atoms with Gasteiger partial charge in [0.15, 0.2) is 0 Å². The second-order valence-electron chi connectivity index (χ2n) is 3.36. The maximum absolute atomic E-state index is 12.5.